The number of sulfonamides is 1. The van der Waals surface area contributed by atoms with Crippen molar-refractivity contribution in [2.24, 2.45) is 0 Å². The molecule has 0 saturated heterocycles. The zero-order valence-electron chi connectivity index (χ0n) is 15.4. The lowest BCUT2D eigenvalue weighted by Crippen LogP contribution is -2.31. The SMILES string of the molecule is CCN(CC)S(=O)(=O)c1cc(NC(=O)c2ccc(C(=O)O)cc2)ccc1C. The van der Waals surface area contributed by atoms with E-state index in [4.69, 9.17) is 5.11 Å². The van der Waals surface area contributed by atoms with E-state index < -0.39 is 21.9 Å². The second kappa shape index (κ2) is 8.32. The minimum Gasteiger partial charge on any atom is -0.478 e. The third-order valence-electron chi connectivity index (χ3n) is 4.16. The number of nitrogens with zero attached hydrogens (tertiary/aromatic N) is 1. The van der Waals surface area contributed by atoms with E-state index in [0.717, 1.165) is 0 Å². The second-order valence-corrected chi connectivity index (χ2v) is 7.81. The molecule has 1 amide bonds. The fraction of sp³-hybridized carbons (Fsp3) is 0.263. The summed E-state index contributed by atoms with van der Waals surface area (Å²) in [5.41, 5.74) is 1.28. The van der Waals surface area contributed by atoms with Gasteiger partial charge in [-0.25, -0.2) is 13.2 Å². The summed E-state index contributed by atoms with van der Waals surface area (Å²) in [7, 11) is -3.65. The third kappa shape index (κ3) is 4.53. The molecule has 27 heavy (non-hydrogen) atoms. The van der Waals surface area contributed by atoms with Crippen LogP contribution in [0.2, 0.25) is 0 Å². The molecule has 0 saturated carbocycles. The molecule has 0 aromatic heterocycles. The number of nitrogens with one attached hydrogen (secondary N) is 1. The summed E-state index contributed by atoms with van der Waals surface area (Å²) in [5.74, 6) is -1.53. The Morgan fingerprint density at radius 2 is 1.56 bits per heavy atom. The van der Waals surface area contributed by atoms with Gasteiger partial charge in [0.2, 0.25) is 10.0 Å². The summed E-state index contributed by atoms with van der Waals surface area (Å²) in [4.78, 5) is 23.4. The number of carboxylic acids is 1. The van der Waals surface area contributed by atoms with Gasteiger partial charge in [0.1, 0.15) is 0 Å². The number of hydrogen-bond acceptors (Lipinski definition) is 4. The number of rotatable bonds is 7. The Morgan fingerprint density at radius 3 is 2.07 bits per heavy atom. The van der Waals surface area contributed by atoms with Gasteiger partial charge in [0.25, 0.3) is 5.91 Å². The average molecular weight is 390 g/mol. The van der Waals surface area contributed by atoms with E-state index in [1.807, 2.05) is 0 Å². The van der Waals surface area contributed by atoms with Crippen molar-refractivity contribution in [2.45, 2.75) is 25.7 Å². The van der Waals surface area contributed by atoms with E-state index in [2.05, 4.69) is 5.32 Å². The van der Waals surface area contributed by atoms with Crippen molar-refractivity contribution in [1.29, 1.82) is 0 Å². The molecule has 0 aliphatic carbocycles. The van der Waals surface area contributed by atoms with E-state index in [9.17, 15) is 18.0 Å². The number of carbonyl (C=O) groups excluding carboxylic acids is 1. The molecule has 2 aromatic carbocycles. The molecule has 0 spiro atoms. The quantitative estimate of drug-likeness (QED) is 0.756. The molecule has 2 aromatic rings. The molecule has 8 heteroatoms. The van der Waals surface area contributed by atoms with Crippen LogP contribution >= 0.6 is 0 Å². The fourth-order valence-electron chi connectivity index (χ4n) is 2.63. The Kier molecular flexibility index (Phi) is 6.35. The van der Waals surface area contributed by atoms with Crippen LogP contribution in [0, 0.1) is 6.92 Å². The smallest absolute Gasteiger partial charge is 0.335 e. The van der Waals surface area contributed by atoms with Gasteiger partial charge in [-0.3, -0.25) is 4.79 Å². The Morgan fingerprint density at radius 1 is 1.00 bits per heavy atom. The van der Waals surface area contributed by atoms with Crippen molar-refractivity contribution in [3.05, 3.63) is 59.2 Å². The van der Waals surface area contributed by atoms with Crippen LogP contribution < -0.4 is 5.32 Å². The number of amides is 1. The average Bonchev–Trinajstić information content (AvgIpc) is 2.64. The van der Waals surface area contributed by atoms with E-state index in [1.165, 1.54) is 34.6 Å². The van der Waals surface area contributed by atoms with Crippen LogP contribution in [0.3, 0.4) is 0 Å². The number of hydrogen-bond donors (Lipinski definition) is 2. The molecule has 2 N–H and O–H groups in total. The molecular weight excluding hydrogens is 368 g/mol. The topological polar surface area (TPSA) is 104 Å². The van der Waals surface area contributed by atoms with Gasteiger partial charge < -0.3 is 10.4 Å². The standard InChI is InChI=1S/C19H22N2O5S/c1-4-21(5-2)27(25,26)17-12-16(11-6-13(17)3)20-18(22)14-7-9-15(10-8-14)19(23)24/h6-12H,4-5H2,1-3H3,(H,20,22)(H,23,24). The number of carboxylic acid groups (broad SMARTS) is 1. The van der Waals surface area contributed by atoms with E-state index >= 15 is 0 Å². The van der Waals surface area contributed by atoms with Crippen LogP contribution in [0.15, 0.2) is 47.4 Å². The van der Waals surface area contributed by atoms with Gasteiger partial charge in [-0.05, 0) is 48.9 Å². The summed E-state index contributed by atoms with van der Waals surface area (Å²) in [6, 6.07) is 10.2. The number of carbonyl (C=O) groups is 2. The first-order chi connectivity index (χ1) is 12.7. The molecule has 144 valence electrons. The first-order valence-electron chi connectivity index (χ1n) is 8.46. The van der Waals surface area contributed by atoms with Crippen molar-refractivity contribution >= 4 is 27.6 Å². The Bertz CT molecular complexity index is 949. The lowest BCUT2D eigenvalue weighted by Gasteiger charge is -2.20. The number of benzene rings is 2. The molecule has 0 atom stereocenters. The molecule has 0 radical (unpaired) electrons. The molecule has 0 aliphatic rings. The maximum absolute atomic E-state index is 12.8. The Balaban J connectivity index is 2.30. The second-order valence-electron chi connectivity index (χ2n) is 5.91. The molecule has 0 aliphatic heterocycles. The van der Waals surface area contributed by atoms with Gasteiger partial charge in [0.05, 0.1) is 10.5 Å². The van der Waals surface area contributed by atoms with Crippen molar-refractivity contribution < 1.29 is 23.1 Å². The minimum absolute atomic E-state index is 0.0782. The number of aryl methyl sites for hydroxylation is 1. The summed E-state index contributed by atoms with van der Waals surface area (Å²) >= 11 is 0. The Hall–Kier alpha value is -2.71. The lowest BCUT2D eigenvalue weighted by atomic mass is 10.1. The predicted molar refractivity (Wildman–Crippen MR) is 103 cm³/mol. The van der Waals surface area contributed by atoms with Crippen molar-refractivity contribution in [3.8, 4) is 0 Å². The van der Waals surface area contributed by atoms with Crippen molar-refractivity contribution in [2.75, 3.05) is 18.4 Å². The lowest BCUT2D eigenvalue weighted by molar-refractivity contribution is 0.0696. The van der Waals surface area contributed by atoms with Gasteiger partial charge >= 0.3 is 5.97 Å². The van der Waals surface area contributed by atoms with Crippen LogP contribution in [0.4, 0.5) is 5.69 Å². The van der Waals surface area contributed by atoms with E-state index in [1.54, 1.807) is 32.9 Å². The summed E-state index contributed by atoms with van der Waals surface area (Å²) in [6.45, 7) is 5.94. The van der Waals surface area contributed by atoms with Gasteiger partial charge in [-0.2, -0.15) is 4.31 Å². The monoisotopic (exact) mass is 390 g/mol. The summed E-state index contributed by atoms with van der Waals surface area (Å²) in [6.07, 6.45) is 0. The van der Waals surface area contributed by atoms with Gasteiger partial charge in [-0.1, -0.05) is 19.9 Å². The highest BCUT2D eigenvalue weighted by Crippen LogP contribution is 2.24. The van der Waals surface area contributed by atoms with Crippen LogP contribution in [0.1, 0.15) is 40.1 Å². The van der Waals surface area contributed by atoms with Gasteiger partial charge in [0, 0.05) is 24.3 Å². The van der Waals surface area contributed by atoms with Crippen LogP contribution in [0.25, 0.3) is 0 Å². The van der Waals surface area contributed by atoms with Crippen LogP contribution in [-0.4, -0.2) is 42.8 Å². The molecule has 7 nitrogen and oxygen atoms in total. The number of anilines is 1. The predicted octanol–water partition coefficient (Wildman–Crippen LogP) is 2.98. The highest BCUT2D eigenvalue weighted by atomic mass is 32.2. The zero-order valence-corrected chi connectivity index (χ0v) is 16.2. The normalized spacial score (nSPS) is 11.4. The van der Waals surface area contributed by atoms with Gasteiger partial charge in [0.15, 0.2) is 0 Å². The molecular formula is C19H22N2O5S. The zero-order chi connectivity index (χ0) is 20.2. The molecule has 0 unspecified atom stereocenters. The summed E-state index contributed by atoms with van der Waals surface area (Å²) < 4.78 is 26.9. The first kappa shape index (κ1) is 20.6. The summed E-state index contributed by atoms with van der Waals surface area (Å²) in [5, 5.41) is 11.6. The minimum atomic E-state index is -3.65. The fourth-order valence-corrected chi connectivity index (χ4v) is 4.33. The van der Waals surface area contributed by atoms with Gasteiger partial charge in [-0.15, -0.1) is 0 Å². The molecule has 0 heterocycles. The third-order valence-corrected chi connectivity index (χ3v) is 6.36. The molecule has 2 rings (SSSR count). The number of aromatic carboxylic acids is 1. The highest BCUT2D eigenvalue weighted by Gasteiger charge is 2.24. The molecule has 0 fully saturated rings. The first-order valence-corrected chi connectivity index (χ1v) is 9.90. The highest BCUT2D eigenvalue weighted by molar-refractivity contribution is 7.89. The van der Waals surface area contributed by atoms with Crippen molar-refractivity contribution in [1.82, 2.24) is 4.31 Å². The van der Waals surface area contributed by atoms with Crippen molar-refractivity contribution in [3.63, 3.8) is 0 Å². The van der Waals surface area contributed by atoms with E-state index in [-0.39, 0.29) is 16.0 Å². The van der Waals surface area contributed by atoms with Crippen LogP contribution in [-0.2, 0) is 10.0 Å². The van der Waals surface area contributed by atoms with Crippen LogP contribution in [0.5, 0.6) is 0 Å². The maximum Gasteiger partial charge on any atom is 0.335 e. The largest absolute Gasteiger partial charge is 0.478 e. The maximum atomic E-state index is 12.8. The molecule has 0 bridgehead atoms. The Labute approximate surface area is 158 Å². The van der Waals surface area contributed by atoms with E-state index in [0.29, 0.717) is 24.3 Å².